The van der Waals surface area contributed by atoms with Crippen LogP contribution >= 0.6 is 15.9 Å². The molecule has 6 heteroatoms. The van der Waals surface area contributed by atoms with Crippen LogP contribution in [0.25, 0.3) is 0 Å². The number of hydrazone groups is 1. The number of halogens is 1. The Hall–Kier alpha value is -1.95. The molecule has 1 amide bonds. The summed E-state index contributed by atoms with van der Waals surface area (Å²) in [6.07, 6.45) is 4.51. The van der Waals surface area contributed by atoms with Crippen molar-refractivity contribution in [3.8, 4) is 0 Å². The minimum absolute atomic E-state index is 0.297. The summed E-state index contributed by atoms with van der Waals surface area (Å²) in [5, 5.41) is 3.77. The van der Waals surface area contributed by atoms with Crippen LogP contribution in [0.2, 0.25) is 0 Å². The number of furan rings is 1. The van der Waals surface area contributed by atoms with Crippen molar-refractivity contribution in [1.82, 2.24) is 10.4 Å². The highest BCUT2D eigenvalue weighted by Crippen LogP contribution is 2.11. The van der Waals surface area contributed by atoms with Crippen molar-refractivity contribution in [1.29, 1.82) is 0 Å². The molecule has 2 aromatic rings. The van der Waals surface area contributed by atoms with E-state index in [1.54, 1.807) is 36.7 Å². The van der Waals surface area contributed by atoms with Gasteiger partial charge in [-0.25, -0.2) is 5.43 Å². The first-order valence-electron chi connectivity index (χ1n) is 4.74. The normalized spacial score (nSPS) is 10.6. The molecular formula is C11H8BrN3O2. The first-order valence-corrected chi connectivity index (χ1v) is 5.54. The molecule has 0 saturated heterocycles. The Morgan fingerprint density at radius 1 is 1.35 bits per heavy atom. The van der Waals surface area contributed by atoms with E-state index in [0.717, 1.165) is 0 Å². The first kappa shape index (κ1) is 11.5. The van der Waals surface area contributed by atoms with Gasteiger partial charge >= 0.3 is 0 Å². The predicted molar refractivity (Wildman–Crippen MR) is 65.7 cm³/mol. The Morgan fingerprint density at radius 2 is 2.12 bits per heavy atom. The molecule has 0 aromatic carbocycles. The predicted octanol–water partition coefficient (Wildman–Crippen LogP) is 2.20. The quantitative estimate of drug-likeness (QED) is 0.697. The van der Waals surface area contributed by atoms with Gasteiger partial charge in [0.1, 0.15) is 5.76 Å². The van der Waals surface area contributed by atoms with E-state index in [-0.39, 0.29) is 5.91 Å². The number of nitrogens with zero attached hydrogens (tertiary/aromatic N) is 2. The molecule has 86 valence electrons. The zero-order chi connectivity index (χ0) is 12.1. The fraction of sp³-hybridized carbons (Fsp3) is 0. The lowest BCUT2D eigenvalue weighted by Crippen LogP contribution is -2.17. The third-order valence-electron chi connectivity index (χ3n) is 1.89. The zero-order valence-corrected chi connectivity index (χ0v) is 10.2. The van der Waals surface area contributed by atoms with Crippen LogP contribution in [-0.4, -0.2) is 17.1 Å². The van der Waals surface area contributed by atoms with Gasteiger partial charge in [0.2, 0.25) is 0 Å². The molecule has 0 saturated carbocycles. The summed E-state index contributed by atoms with van der Waals surface area (Å²) in [5.41, 5.74) is 2.88. The van der Waals surface area contributed by atoms with E-state index in [4.69, 9.17) is 4.42 Å². The maximum atomic E-state index is 11.5. The van der Waals surface area contributed by atoms with Crippen LogP contribution in [-0.2, 0) is 0 Å². The third-order valence-corrected chi connectivity index (χ3v) is 2.32. The van der Waals surface area contributed by atoms with Gasteiger partial charge in [-0.2, -0.15) is 5.10 Å². The van der Waals surface area contributed by atoms with Gasteiger partial charge in [-0.1, -0.05) is 0 Å². The standard InChI is InChI=1S/C11H8BrN3O2/c12-10-2-1-9(17-10)7-14-15-11(16)8-3-5-13-6-4-8/h1-7H,(H,15,16)/b14-7+. The number of hydrogen-bond acceptors (Lipinski definition) is 4. The third kappa shape index (κ3) is 3.25. The van der Waals surface area contributed by atoms with Crippen molar-refractivity contribution in [2.24, 2.45) is 5.10 Å². The van der Waals surface area contributed by atoms with Crippen molar-refractivity contribution in [2.75, 3.05) is 0 Å². The summed E-state index contributed by atoms with van der Waals surface area (Å²) < 4.78 is 5.79. The van der Waals surface area contributed by atoms with Gasteiger partial charge in [-0.3, -0.25) is 9.78 Å². The highest BCUT2D eigenvalue weighted by atomic mass is 79.9. The van der Waals surface area contributed by atoms with Crippen molar-refractivity contribution < 1.29 is 9.21 Å². The second-order valence-electron chi connectivity index (χ2n) is 3.08. The number of carbonyl (C=O) groups is 1. The maximum Gasteiger partial charge on any atom is 0.271 e. The van der Waals surface area contributed by atoms with Gasteiger partial charge in [-0.05, 0) is 40.2 Å². The van der Waals surface area contributed by atoms with E-state index in [9.17, 15) is 4.79 Å². The Morgan fingerprint density at radius 3 is 2.76 bits per heavy atom. The van der Waals surface area contributed by atoms with Crippen LogP contribution in [0.1, 0.15) is 16.1 Å². The molecule has 0 aliphatic heterocycles. The van der Waals surface area contributed by atoms with Crippen LogP contribution in [0.15, 0.2) is 50.8 Å². The second-order valence-corrected chi connectivity index (χ2v) is 3.86. The number of aromatic nitrogens is 1. The van der Waals surface area contributed by atoms with Gasteiger partial charge in [0, 0.05) is 18.0 Å². The highest BCUT2D eigenvalue weighted by Gasteiger charge is 2.02. The topological polar surface area (TPSA) is 67.5 Å². The van der Waals surface area contributed by atoms with E-state index < -0.39 is 0 Å². The molecule has 5 nitrogen and oxygen atoms in total. The summed E-state index contributed by atoms with van der Waals surface area (Å²) in [7, 11) is 0. The van der Waals surface area contributed by atoms with Gasteiger partial charge in [-0.15, -0.1) is 0 Å². The van der Waals surface area contributed by atoms with E-state index in [2.05, 4.69) is 31.4 Å². The van der Waals surface area contributed by atoms with E-state index in [1.165, 1.54) is 6.21 Å². The van der Waals surface area contributed by atoms with Crippen LogP contribution in [0.4, 0.5) is 0 Å². The molecule has 0 unspecified atom stereocenters. The van der Waals surface area contributed by atoms with Crippen molar-refractivity contribution in [2.45, 2.75) is 0 Å². The summed E-state index contributed by atoms with van der Waals surface area (Å²) in [4.78, 5) is 15.4. The van der Waals surface area contributed by atoms with E-state index >= 15 is 0 Å². The fourth-order valence-corrected chi connectivity index (χ4v) is 1.44. The molecule has 17 heavy (non-hydrogen) atoms. The number of rotatable bonds is 3. The monoisotopic (exact) mass is 293 g/mol. The van der Waals surface area contributed by atoms with E-state index in [0.29, 0.717) is 16.0 Å². The van der Waals surface area contributed by atoms with Crippen molar-refractivity contribution in [3.63, 3.8) is 0 Å². The largest absolute Gasteiger partial charge is 0.448 e. The zero-order valence-electron chi connectivity index (χ0n) is 8.63. The Labute approximate surface area is 106 Å². The van der Waals surface area contributed by atoms with Crippen LogP contribution in [0.3, 0.4) is 0 Å². The molecule has 0 aliphatic rings. The number of amides is 1. The molecule has 0 bridgehead atoms. The highest BCUT2D eigenvalue weighted by molar-refractivity contribution is 9.10. The molecule has 2 rings (SSSR count). The average molecular weight is 294 g/mol. The van der Waals surface area contributed by atoms with Crippen LogP contribution in [0, 0.1) is 0 Å². The molecule has 2 aromatic heterocycles. The van der Waals surface area contributed by atoms with Crippen LogP contribution in [0.5, 0.6) is 0 Å². The van der Waals surface area contributed by atoms with Gasteiger partial charge in [0.05, 0.1) is 6.21 Å². The molecule has 0 spiro atoms. The molecule has 0 radical (unpaired) electrons. The Kier molecular flexibility index (Phi) is 3.66. The van der Waals surface area contributed by atoms with Crippen LogP contribution < -0.4 is 5.43 Å². The lowest BCUT2D eigenvalue weighted by atomic mass is 10.3. The summed E-state index contributed by atoms with van der Waals surface area (Å²) in [6, 6.07) is 6.68. The smallest absolute Gasteiger partial charge is 0.271 e. The lowest BCUT2D eigenvalue weighted by molar-refractivity contribution is 0.0955. The molecule has 2 heterocycles. The summed E-state index contributed by atoms with van der Waals surface area (Å²) in [5.74, 6) is 0.251. The lowest BCUT2D eigenvalue weighted by Gasteiger charge is -1.97. The number of nitrogens with one attached hydrogen (secondary N) is 1. The first-order chi connectivity index (χ1) is 8.25. The minimum atomic E-state index is -0.297. The molecule has 1 N–H and O–H groups in total. The SMILES string of the molecule is O=C(N/N=C/c1ccc(Br)o1)c1ccncc1. The van der Waals surface area contributed by atoms with Gasteiger partial charge in [0.25, 0.3) is 5.91 Å². The maximum absolute atomic E-state index is 11.5. The number of hydrogen-bond donors (Lipinski definition) is 1. The Balaban J connectivity index is 1.95. The fourth-order valence-electron chi connectivity index (χ4n) is 1.12. The molecule has 0 atom stereocenters. The number of carbonyl (C=O) groups excluding carboxylic acids is 1. The molecular weight excluding hydrogens is 286 g/mol. The Bertz CT molecular complexity index is 537. The minimum Gasteiger partial charge on any atom is -0.448 e. The second kappa shape index (κ2) is 5.40. The number of pyridine rings is 1. The molecule has 0 aliphatic carbocycles. The average Bonchev–Trinajstić information content (AvgIpc) is 2.76. The van der Waals surface area contributed by atoms with Gasteiger partial charge in [0.15, 0.2) is 4.67 Å². The van der Waals surface area contributed by atoms with Gasteiger partial charge < -0.3 is 4.42 Å². The summed E-state index contributed by atoms with van der Waals surface area (Å²) >= 11 is 3.17. The molecule has 0 fully saturated rings. The van der Waals surface area contributed by atoms with E-state index in [1.807, 2.05) is 0 Å². The van der Waals surface area contributed by atoms with Crippen molar-refractivity contribution >= 4 is 28.1 Å². The van der Waals surface area contributed by atoms with Crippen molar-refractivity contribution in [3.05, 3.63) is 52.7 Å². The summed E-state index contributed by atoms with van der Waals surface area (Å²) in [6.45, 7) is 0.